The Morgan fingerprint density at radius 1 is 1.03 bits per heavy atom. The number of fused-ring (bicyclic) bond motifs is 3. The monoisotopic (exact) mass is 403 g/mol. The van der Waals surface area contributed by atoms with Crippen LogP contribution in [-0.2, 0) is 6.54 Å². The summed E-state index contributed by atoms with van der Waals surface area (Å²) in [6.45, 7) is 2.43. The molecular weight excluding hydrogens is 378 g/mol. The standard InChI is InChI=1S/C24H25N3O3/c1-29-19-8-6-16(7-9-19)24(28)26-14-18-10-11-27-22(13-25-23(27)21(18)15-26)17-4-3-5-20(12-17)30-2/h3-9,12-13,18,21H,10-11,14-15H2,1-2H3/t18-,21-/m1/s1. The van der Waals surface area contributed by atoms with E-state index in [0.29, 0.717) is 18.0 Å². The van der Waals surface area contributed by atoms with Gasteiger partial charge in [0.1, 0.15) is 17.3 Å². The zero-order valence-corrected chi connectivity index (χ0v) is 17.2. The Kier molecular flexibility index (Phi) is 4.69. The first-order valence-electron chi connectivity index (χ1n) is 10.3. The number of carbonyl (C=O) groups is 1. The Morgan fingerprint density at radius 2 is 1.83 bits per heavy atom. The van der Waals surface area contributed by atoms with Gasteiger partial charge in [-0.05, 0) is 48.7 Å². The van der Waals surface area contributed by atoms with Crippen LogP contribution in [0.1, 0.15) is 28.5 Å². The highest BCUT2D eigenvalue weighted by Crippen LogP contribution is 2.41. The molecule has 3 heterocycles. The fraction of sp³-hybridized carbons (Fsp3) is 0.333. The van der Waals surface area contributed by atoms with Crippen molar-refractivity contribution >= 4 is 5.91 Å². The van der Waals surface area contributed by atoms with Crippen molar-refractivity contribution in [1.29, 1.82) is 0 Å². The van der Waals surface area contributed by atoms with Crippen LogP contribution >= 0.6 is 0 Å². The predicted octanol–water partition coefficient (Wildman–Crippen LogP) is 3.83. The van der Waals surface area contributed by atoms with Crippen molar-refractivity contribution in [2.45, 2.75) is 18.9 Å². The fourth-order valence-electron chi connectivity index (χ4n) is 4.77. The van der Waals surface area contributed by atoms with Gasteiger partial charge >= 0.3 is 0 Å². The first kappa shape index (κ1) is 18.7. The molecule has 2 aliphatic rings. The van der Waals surface area contributed by atoms with Gasteiger partial charge in [0.05, 0.1) is 26.1 Å². The summed E-state index contributed by atoms with van der Waals surface area (Å²) in [7, 11) is 3.31. The van der Waals surface area contributed by atoms with E-state index in [-0.39, 0.29) is 11.8 Å². The van der Waals surface area contributed by atoms with Crippen LogP contribution in [0.25, 0.3) is 11.3 Å². The van der Waals surface area contributed by atoms with Crippen LogP contribution < -0.4 is 9.47 Å². The molecule has 5 rings (SSSR count). The molecule has 2 aliphatic heterocycles. The molecule has 0 N–H and O–H groups in total. The van der Waals surface area contributed by atoms with E-state index in [0.717, 1.165) is 48.1 Å². The smallest absolute Gasteiger partial charge is 0.253 e. The normalized spacial score (nSPS) is 19.9. The van der Waals surface area contributed by atoms with Crippen molar-refractivity contribution in [3.63, 3.8) is 0 Å². The Morgan fingerprint density at radius 3 is 2.60 bits per heavy atom. The first-order valence-corrected chi connectivity index (χ1v) is 10.3. The maximum Gasteiger partial charge on any atom is 0.253 e. The Balaban J connectivity index is 1.39. The topological polar surface area (TPSA) is 56.6 Å². The molecule has 0 unspecified atom stereocenters. The van der Waals surface area contributed by atoms with Crippen molar-refractivity contribution in [2.75, 3.05) is 27.3 Å². The van der Waals surface area contributed by atoms with Crippen LogP contribution in [0.4, 0.5) is 0 Å². The minimum Gasteiger partial charge on any atom is -0.497 e. The van der Waals surface area contributed by atoms with Gasteiger partial charge in [0.25, 0.3) is 5.91 Å². The van der Waals surface area contributed by atoms with E-state index in [1.54, 1.807) is 14.2 Å². The van der Waals surface area contributed by atoms with Crippen LogP contribution in [0.3, 0.4) is 0 Å². The molecule has 6 nitrogen and oxygen atoms in total. The van der Waals surface area contributed by atoms with Crippen molar-refractivity contribution in [2.24, 2.45) is 5.92 Å². The number of likely N-dealkylation sites (tertiary alicyclic amines) is 1. The molecule has 0 bridgehead atoms. The van der Waals surface area contributed by atoms with Gasteiger partial charge in [0.2, 0.25) is 0 Å². The summed E-state index contributed by atoms with van der Waals surface area (Å²) in [4.78, 5) is 19.8. The number of nitrogens with zero attached hydrogens (tertiary/aromatic N) is 3. The van der Waals surface area contributed by atoms with E-state index >= 15 is 0 Å². The van der Waals surface area contributed by atoms with Gasteiger partial charge in [-0.2, -0.15) is 0 Å². The number of aromatic nitrogens is 2. The molecule has 2 atom stereocenters. The number of benzene rings is 2. The van der Waals surface area contributed by atoms with Gasteiger partial charge in [-0.1, -0.05) is 12.1 Å². The molecule has 0 aliphatic carbocycles. The molecule has 154 valence electrons. The summed E-state index contributed by atoms with van der Waals surface area (Å²) in [5.41, 5.74) is 2.92. The van der Waals surface area contributed by atoms with Crippen molar-refractivity contribution in [3.05, 3.63) is 66.1 Å². The number of rotatable bonds is 4. The lowest BCUT2D eigenvalue weighted by Gasteiger charge is -2.26. The average Bonchev–Trinajstić information content (AvgIpc) is 3.42. The number of carbonyl (C=O) groups excluding carboxylic acids is 1. The quantitative estimate of drug-likeness (QED) is 0.664. The second kappa shape index (κ2) is 7.52. The molecule has 1 amide bonds. The highest BCUT2D eigenvalue weighted by molar-refractivity contribution is 5.94. The van der Waals surface area contributed by atoms with Crippen molar-refractivity contribution in [3.8, 4) is 22.8 Å². The van der Waals surface area contributed by atoms with Crippen molar-refractivity contribution in [1.82, 2.24) is 14.5 Å². The SMILES string of the molecule is COc1ccc(C(=O)N2C[C@H]3CCn4c(-c5cccc(OC)c5)cnc4[C@@H]3C2)cc1. The Labute approximate surface area is 176 Å². The van der Waals surface area contributed by atoms with E-state index in [1.807, 2.05) is 53.6 Å². The number of ether oxygens (including phenoxy) is 2. The van der Waals surface area contributed by atoms with Gasteiger partial charge in [-0.25, -0.2) is 4.98 Å². The zero-order chi connectivity index (χ0) is 20.7. The fourth-order valence-corrected chi connectivity index (χ4v) is 4.77. The molecule has 30 heavy (non-hydrogen) atoms. The van der Waals surface area contributed by atoms with Crippen LogP contribution in [0.5, 0.6) is 11.5 Å². The highest BCUT2D eigenvalue weighted by atomic mass is 16.5. The summed E-state index contributed by atoms with van der Waals surface area (Å²) in [6, 6.07) is 15.4. The summed E-state index contributed by atoms with van der Waals surface area (Å²) in [5.74, 6) is 3.51. The largest absolute Gasteiger partial charge is 0.497 e. The van der Waals surface area contributed by atoms with E-state index in [2.05, 4.69) is 10.6 Å². The first-order chi connectivity index (χ1) is 14.7. The minimum absolute atomic E-state index is 0.0816. The lowest BCUT2D eigenvalue weighted by Crippen LogP contribution is -2.28. The van der Waals surface area contributed by atoms with E-state index < -0.39 is 0 Å². The highest BCUT2D eigenvalue weighted by Gasteiger charge is 2.41. The molecule has 2 aromatic carbocycles. The third kappa shape index (κ3) is 3.12. The number of amides is 1. The summed E-state index contributed by atoms with van der Waals surface area (Å²) >= 11 is 0. The molecular formula is C24H25N3O3. The Bertz CT molecular complexity index is 1070. The van der Waals surface area contributed by atoms with E-state index in [4.69, 9.17) is 14.5 Å². The summed E-state index contributed by atoms with van der Waals surface area (Å²) in [6.07, 6.45) is 3.01. The maximum absolute atomic E-state index is 13.0. The van der Waals surface area contributed by atoms with Gasteiger partial charge < -0.3 is 18.9 Å². The van der Waals surface area contributed by atoms with Crippen LogP contribution in [-0.4, -0.2) is 47.7 Å². The van der Waals surface area contributed by atoms with Crippen molar-refractivity contribution < 1.29 is 14.3 Å². The zero-order valence-electron chi connectivity index (χ0n) is 17.2. The van der Waals surface area contributed by atoms with Gasteiger partial charge in [-0.3, -0.25) is 4.79 Å². The second-order valence-electron chi connectivity index (χ2n) is 7.98. The van der Waals surface area contributed by atoms with Crippen LogP contribution in [0.15, 0.2) is 54.7 Å². The molecule has 1 aromatic heterocycles. The predicted molar refractivity (Wildman–Crippen MR) is 114 cm³/mol. The van der Waals surface area contributed by atoms with E-state index in [1.165, 1.54) is 0 Å². The number of hydrogen-bond donors (Lipinski definition) is 0. The lowest BCUT2D eigenvalue weighted by molar-refractivity contribution is 0.0785. The van der Waals surface area contributed by atoms with E-state index in [9.17, 15) is 4.79 Å². The summed E-state index contributed by atoms with van der Waals surface area (Å²) < 4.78 is 12.9. The Hall–Kier alpha value is -3.28. The van der Waals surface area contributed by atoms with Crippen LogP contribution in [0, 0.1) is 5.92 Å². The van der Waals surface area contributed by atoms with Gasteiger partial charge in [0.15, 0.2) is 0 Å². The lowest BCUT2D eigenvalue weighted by atomic mass is 9.89. The molecule has 6 heteroatoms. The molecule has 0 saturated carbocycles. The number of methoxy groups -OCH3 is 2. The number of hydrogen-bond acceptors (Lipinski definition) is 4. The molecule has 1 saturated heterocycles. The van der Waals surface area contributed by atoms with Gasteiger partial charge in [0, 0.05) is 36.7 Å². The third-order valence-corrected chi connectivity index (χ3v) is 6.37. The van der Waals surface area contributed by atoms with Gasteiger partial charge in [-0.15, -0.1) is 0 Å². The second-order valence-corrected chi connectivity index (χ2v) is 7.98. The summed E-state index contributed by atoms with van der Waals surface area (Å²) in [5, 5.41) is 0. The third-order valence-electron chi connectivity index (χ3n) is 6.37. The minimum atomic E-state index is 0.0816. The molecule has 3 aromatic rings. The molecule has 0 radical (unpaired) electrons. The molecule has 0 spiro atoms. The molecule has 1 fully saturated rings. The average molecular weight is 403 g/mol. The van der Waals surface area contributed by atoms with Crippen LogP contribution in [0.2, 0.25) is 0 Å². The maximum atomic E-state index is 13.0. The number of imidazole rings is 1.